The topological polar surface area (TPSA) is 0 Å². The molecule has 0 amide bonds. The highest BCUT2D eigenvalue weighted by molar-refractivity contribution is 6.19. The lowest BCUT2D eigenvalue weighted by Crippen LogP contribution is -1.94. The van der Waals surface area contributed by atoms with Crippen LogP contribution in [0.2, 0.25) is 0 Å². The molecule has 0 N–H and O–H groups in total. The zero-order valence-electron chi connectivity index (χ0n) is 27.6. The molecule has 0 heterocycles. The molecule has 0 aliphatic carbocycles. The third kappa shape index (κ3) is 5.48. The van der Waals surface area contributed by atoms with E-state index in [0.717, 1.165) is 5.57 Å². The van der Waals surface area contributed by atoms with E-state index >= 15 is 0 Å². The van der Waals surface area contributed by atoms with Gasteiger partial charge in [0.25, 0.3) is 0 Å². The van der Waals surface area contributed by atoms with Gasteiger partial charge in [0.2, 0.25) is 0 Å². The molecule has 0 nitrogen and oxygen atoms in total. The van der Waals surface area contributed by atoms with Gasteiger partial charge in [0.1, 0.15) is 0 Å². The van der Waals surface area contributed by atoms with Crippen molar-refractivity contribution in [1.29, 1.82) is 0 Å². The van der Waals surface area contributed by atoms with Gasteiger partial charge in [-0.3, -0.25) is 0 Å². The molecule has 0 aromatic heterocycles. The number of rotatable bonds is 7. The normalized spacial score (nSPS) is 11.6. The van der Waals surface area contributed by atoms with Crippen LogP contribution in [0.3, 0.4) is 0 Å². The van der Waals surface area contributed by atoms with E-state index in [0.29, 0.717) is 0 Å². The molecule has 0 heteroatoms. The molecule has 8 aromatic carbocycles. The zero-order valence-corrected chi connectivity index (χ0v) is 27.6. The SMILES string of the molecule is C=C/C(=C\C)c1c2ccccc2c(-c2cc(-c3ccccc3-c3ccccc3)cc(-c3ccccc3-c3ccccc3)c2)c2ccccc12. The Morgan fingerprint density at radius 1 is 0.388 bits per heavy atom. The van der Waals surface area contributed by atoms with E-state index in [4.69, 9.17) is 0 Å². The Kier molecular flexibility index (Phi) is 8.05. The maximum atomic E-state index is 4.19. The lowest BCUT2D eigenvalue weighted by Gasteiger charge is -2.20. The summed E-state index contributed by atoms with van der Waals surface area (Å²) in [4.78, 5) is 0. The summed E-state index contributed by atoms with van der Waals surface area (Å²) in [7, 11) is 0. The van der Waals surface area contributed by atoms with Gasteiger partial charge in [0, 0.05) is 0 Å². The summed E-state index contributed by atoms with van der Waals surface area (Å²) in [5.41, 5.74) is 14.5. The Balaban J connectivity index is 1.49. The number of fused-ring (bicyclic) bond motifs is 2. The fraction of sp³-hybridized carbons (Fsp3) is 0.0204. The summed E-state index contributed by atoms with van der Waals surface area (Å²) in [5.74, 6) is 0. The molecule has 8 rings (SSSR count). The van der Waals surface area contributed by atoms with Crippen molar-refractivity contribution >= 4 is 27.1 Å². The van der Waals surface area contributed by atoms with Crippen LogP contribution in [-0.4, -0.2) is 0 Å². The average Bonchev–Trinajstić information content (AvgIpc) is 3.18. The zero-order chi connectivity index (χ0) is 33.2. The van der Waals surface area contributed by atoms with Gasteiger partial charge in [-0.1, -0.05) is 176 Å². The Morgan fingerprint density at radius 3 is 1.14 bits per heavy atom. The van der Waals surface area contributed by atoms with Gasteiger partial charge in [-0.25, -0.2) is 0 Å². The third-order valence-corrected chi connectivity index (χ3v) is 9.62. The van der Waals surface area contributed by atoms with E-state index in [1.165, 1.54) is 82.7 Å². The van der Waals surface area contributed by atoms with Crippen molar-refractivity contribution in [3.05, 3.63) is 200 Å². The fourth-order valence-electron chi connectivity index (χ4n) is 7.41. The summed E-state index contributed by atoms with van der Waals surface area (Å²) >= 11 is 0. The van der Waals surface area contributed by atoms with Crippen LogP contribution in [0.15, 0.2) is 195 Å². The molecule has 0 saturated heterocycles. The van der Waals surface area contributed by atoms with Crippen molar-refractivity contribution in [3.8, 4) is 55.6 Å². The molecule has 8 aromatic rings. The fourth-order valence-corrected chi connectivity index (χ4v) is 7.41. The van der Waals surface area contributed by atoms with Crippen molar-refractivity contribution in [2.45, 2.75) is 6.92 Å². The summed E-state index contributed by atoms with van der Waals surface area (Å²) in [6.07, 6.45) is 4.15. The summed E-state index contributed by atoms with van der Waals surface area (Å²) in [6, 6.07) is 63.9. The van der Waals surface area contributed by atoms with Gasteiger partial charge in [-0.05, 0) is 113 Å². The Hall–Kier alpha value is -6.24. The van der Waals surface area contributed by atoms with Crippen LogP contribution in [0.5, 0.6) is 0 Å². The highest BCUT2D eigenvalue weighted by atomic mass is 14.2. The maximum Gasteiger partial charge on any atom is -0.00259 e. The summed E-state index contributed by atoms with van der Waals surface area (Å²) in [6.45, 7) is 6.29. The Morgan fingerprint density at radius 2 is 0.735 bits per heavy atom. The van der Waals surface area contributed by atoms with Crippen LogP contribution < -0.4 is 0 Å². The van der Waals surface area contributed by atoms with Gasteiger partial charge in [0.05, 0.1) is 0 Å². The van der Waals surface area contributed by atoms with Gasteiger partial charge in [-0.15, -0.1) is 0 Å². The molecule has 232 valence electrons. The van der Waals surface area contributed by atoms with Crippen LogP contribution in [0.4, 0.5) is 0 Å². The number of hydrogen-bond donors (Lipinski definition) is 0. The minimum atomic E-state index is 1.14. The van der Waals surface area contributed by atoms with E-state index in [2.05, 4.69) is 196 Å². The largest absolute Gasteiger partial charge is 0.0985 e. The van der Waals surface area contributed by atoms with E-state index in [-0.39, 0.29) is 0 Å². The lowest BCUT2D eigenvalue weighted by molar-refractivity contribution is 1.55. The first-order chi connectivity index (χ1) is 24.2. The van der Waals surface area contributed by atoms with Crippen LogP contribution in [0.25, 0.3) is 82.8 Å². The molecule has 0 saturated carbocycles. The highest BCUT2D eigenvalue weighted by Gasteiger charge is 2.19. The van der Waals surface area contributed by atoms with Crippen LogP contribution in [-0.2, 0) is 0 Å². The number of benzene rings is 8. The minimum absolute atomic E-state index is 1.14. The standard InChI is InChI=1S/C49H36/c1-3-34(4-2)48-44-27-15-17-29-46(44)49(47-30-18-16-28-45(47)48)39-32-37(42-25-13-11-23-40(42)35-19-7-5-8-20-35)31-38(33-39)43-26-14-12-24-41(43)36-21-9-6-10-22-36/h3-33H,1H2,2H3/b34-4+. The second-order valence-electron chi connectivity index (χ2n) is 12.4. The lowest BCUT2D eigenvalue weighted by atomic mass is 9.83. The van der Waals surface area contributed by atoms with E-state index in [1.807, 2.05) is 6.08 Å². The molecule has 0 spiro atoms. The van der Waals surface area contributed by atoms with Crippen molar-refractivity contribution in [2.24, 2.45) is 0 Å². The van der Waals surface area contributed by atoms with Crippen molar-refractivity contribution in [3.63, 3.8) is 0 Å². The van der Waals surface area contributed by atoms with Crippen molar-refractivity contribution in [1.82, 2.24) is 0 Å². The van der Waals surface area contributed by atoms with Gasteiger partial charge in [-0.2, -0.15) is 0 Å². The molecule has 0 fully saturated rings. The quantitative estimate of drug-likeness (QED) is 0.122. The van der Waals surface area contributed by atoms with Crippen LogP contribution in [0, 0.1) is 0 Å². The number of hydrogen-bond acceptors (Lipinski definition) is 0. The summed E-state index contributed by atoms with van der Waals surface area (Å²) in [5, 5.41) is 4.91. The molecule has 0 atom stereocenters. The Bertz CT molecular complexity index is 2340. The third-order valence-electron chi connectivity index (χ3n) is 9.62. The molecule has 0 bridgehead atoms. The predicted molar refractivity (Wildman–Crippen MR) is 212 cm³/mol. The van der Waals surface area contributed by atoms with Gasteiger partial charge < -0.3 is 0 Å². The Labute approximate surface area is 289 Å². The molecular weight excluding hydrogens is 589 g/mol. The predicted octanol–water partition coefficient (Wildman–Crippen LogP) is 13.9. The smallest absolute Gasteiger partial charge is 0.00259 e. The maximum absolute atomic E-state index is 4.19. The molecule has 0 aliphatic heterocycles. The monoisotopic (exact) mass is 624 g/mol. The first kappa shape index (κ1) is 30.1. The van der Waals surface area contributed by atoms with Crippen molar-refractivity contribution < 1.29 is 0 Å². The second kappa shape index (κ2) is 13.1. The van der Waals surface area contributed by atoms with E-state index < -0.39 is 0 Å². The molecule has 0 unspecified atom stereocenters. The molecular formula is C49H36. The summed E-state index contributed by atoms with van der Waals surface area (Å²) < 4.78 is 0. The van der Waals surface area contributed by atoms with E-state index in [1.54, 1.807) is 0 Å². The van der Waals surface area contributed by atoms with Crippen LogP contribution >= 0.6 is 0 Å². The van der Waals surface area contributed by atoms with Crippen molar-refractivity contribution in [2.75, 3.05) is 0 Å². The molecule has 49 heavy (non-hydrogen) atoms. The van der Waals surface area contributed by atoms with Crippen LogP contribution in [0.1, 0.15) is 12.5 Å². The molecule has 0 aliphatic rings. The first-order valence-corrected chi connectivity index (χ1v) is 16.9. The second-order valence-corrected chi connectivity index (χ2v) is 12.4. The van der Waals surface area contributed by atoms with E-state index in [9.17, 15) is 0 Å². The van der Waals surface area contributed by atoms with Gasteiger partial charge in [0.15, 0.2) is 0 Å². The molecule has 0 radical (unpaired) electrons. The first-order valence-electron chi connectivity index (χ1n) is 16.9. The minimum Gasteiger partial charge on any atom is -0.0985 e. The number of allylic oxidation sites excluding steroid dienone is 3. The van der Waals surface area contributed by atoms with Gasteiger partial charge >= 0.3 is 0 Å². The average molecular weight is 625 g/mol. The highest BCUT2D eigenvalue weighted by Crippen LogP contribution is 2.45.